The van der Waals surface area contributed by atoms with E-state index in [1.54, 1.807) is 39.8 Å². The quantitative estimate of drug-likeness (QED) is 0.361. The van der Waals surface area contributed by atoms with Gasteiger partial charge in [0.15, 0.2) is 0 Å². The van der Waals surface area contributed by atoms with Crippen LogP contribution in [0.3, 0.4) is 0 Å². The first-order valence-corrected chi connectivity index (χ1v) is 22.4. The lowest BCUT2D eigenvalue weighted by Gasteiger charge is -2.36. The minimum atomic E-state index is -4.14. The highest BCUT2D eigenvalue weighted by Crippen LogP contribution is 2.58. The SMILES string of the molecule is COc1ccc2nc3c(nc2c1)O[C@H]1CN(C(=O)[C@H](C(C)(C)C)NC(=O)O[C@@H]2CC4C[C@@H]4[C@H]2CCCCC3)[C@H](C(=O)N[C@]2(C(=O)NS(=O)(=O)C3CC3)C[C@H]2C(F)F)[C@@H]1C. The number of hydrogen-bond acceptors (Lipinski definition) is 11. The van der Waals surface area contributed by atoms with Crippen LogP contribution in [0, 0.1) is 35.0 Å². The van der Waals surface area contributed by atoms with Crippen LogP contribution in [0.1, 0.15) is 91.2 Å². The number of nitrogens with one attached hydrogen (secondary N) is 3. The maximum Gasteiger partial charge on any atom is 0.408 e. The van der Waals surface area contributed by atoms with Gasteiger partial charge in [0.05, 0.1) is 35.9 Å². The summed E-state index contributed by atoms with van der Waals surface area (Å²) >= 11 is 0. The van der Waals surface area contributed by atoms with Crippen LogP contribution in [-0.2, 0) is 35.6 Å². The van der Waals surface area contributed by atoms with Gasteiger partial charge in [0, 0.05) is 12.0 Å². The van der Waals surface area contributed by atoms with E-state index < -0.39 is 92.9 Å². The Morgan fingerprint density at radius 1 is 1.02 bits per heavy atom. The molecular formula is C41H54F2N6O9S. The third-order valence-corrected chi connectivity index (χ3v) is 15.2. The number of rotatable bonds is 7. The molecule has 4 amide bonds. The number of sulfonamides is 1. The Bertz CT molecular complexity index is 2130. The van der Waals surface area contributed by atoms with E-state index in [1.165, 1.54) is 12.0 Å². The smallest absolute Gasteiger partial charge is 0.408 e. The van der Waals surface area contributed by atoms with Gasteiger partial charge in [-0.15, -0.1) is 0 Å². The number of methoxy groups -OCH3 is 1. The molecule has 1 saturated heterocycles. The highest BCUT2D eigenvalue weighted by Gasteiger charge is 2.67. The number of benzene rings is 1. The maximum atomic E-state index is 14.9. The number of alkyl carbamates (subject to hydrolysis) is 1. The summed E-state index contributed by atoms with van der Waals surface area (Å²) in [7, 11) is -2.60. The average Bonchev–Trinajstić information content (AvgIpc) is 4.09. The number of ether oxygens (including phenoxy) is 3. The number of aromatic nitrogens is 2. The van der Waals surface area contributed by atoms with Crippen LogP contribution < -0.4 is 24.8 Å². The topological polar surface area (TPSA) is 195 Å². The van der Waals surface area contributed by atoms with Gasteiger partial charge < -0.3 is 29.7 Å². The monoisotopic (exact) mass is 844 g/mol. The average molecular weight is 845 g/mol. The second-order valence-electron chi connectivity index (χ2n) is 18.6. The highest BCUT2D eigenvalue weighted by molar-refractivity contribution is 7.91. The van der Waals surface area contributed by atoms with Crippen LogP contribution in [0.4, 0.5) is 13.6 Å². The summed E-state index contributed by atoms with van der Waals surface area (Å²) in [4.78, 5) is 67.7. The van der Waals surface area contributed by atoms with Crippen molar-refractivity contribution in [1.82, 2.24) is 30.2 Å². The van der Waals surface area contributed by atoms with E-state index in [9.17, 15) is 36.4 Å². The molecule has 8 rings (SSSR count). The van der Waals surface area contributed by atoms with Crippen molar-refractivity contribution in [3.63, 3.8) is 0 Å². The molecule has 1 aromatic heterocycles. The molecule has 0 spiro atoms. The van der Waals surface area contributed by atoms with Crippen LogP contribution in [0.15, 0.2) is 18.2 Å². The fraction of sp³-hybridized carbons (Fsp3) is 0.707. The van der Waals surface area contributed by atoms with Crippen LogP contribution >= 0.6 is 0 Å². The molecule has 59 heavy (non-hydrogen) atoms. The number of fused-ring (bicyclic) bond motifs is 7. The Balaban J connectivity index is 1.15. The van der Waals surface area contributed by atoms with Gasteiger partial charge in [0.1, 0.15) is 41.3 Å². The molecule has 2 bridgehead atoms. The summed E-state index contributed by atoms with van der Waals surface area (Å²) < 4.78 is 74.2. The zero-order chi connectivity index (χ0) is 42.2. The summed E-state index contributed by atoms with van der Waals surface area (Å²) in [5, 5.41) is 4.48. The molecule has 3 N–H and O–H groups in total. The minimum Gasteiger partial charge on any atom is -0.497 e. The number of amides is 4. The van der Waals surface area contributed by atoms with Crippen molar-refractivity contribution < 1.29 is 50.6 Å². The Kier molecular flexibility index (Phi) is 10.7. The number of aryl methyl sites for hydroxylation is 1. The van der Waals surface area contributed by atoms with Crippen LogP contribution in [0.5, 0.6) is 11.6 Å². The molecule has 3 heterocycles. The lowest BCUT2D eigenvalue weighted by atomic mass is 9.85. The number of halogens is 2. The molecule has 322 valence electrons. The molecule has 1 unspecified atom stereocenters. The fourth-order valence-corrected chi connectivity index (χ4v) is 11.0. The van der Waals surface area contributed by atoms with Crippen LogP contribution in [-0.4, -0.2) is 102 Å². The second-order valence-corrected chi connectivity index (χ2v) is 20.6. The molecule has 2 aliphatic heterocycles. The zero-order valence-corrected chi connectivity index (χ0v) is 34.9. The fourth-order valence-electron chi connectivity index (χ4n) is 9.63. The van der Waals surface area contributed by atoms with E-state index in [0.717, 1.165) is 38.5 Å². The molecule has 6 aliphatic rings. The second kappa shape index (κ2) is 15.3. The molecule has 4 aliphatic carbocycles. The van der Waals surface area contributed by atoms with E-state index >= 15 is 0 Å². The molecule has 0 radical (unpaired) electrons. The summed E-state index contributed by atoms with van der Waals surface area (Å²) in [6, 6.07) is 2.73. The van der Waals surface area contributed by atoms with Gasteiger partial charge in [0.2, 0.25) is 34.1 Å². The van der Waals surface area contributed by atoms with Crippen molar-refractivity contribution in [2.45, 2.75) is 133 Å². The highest BCUT2D eigenvalue weighted by atomic mass is 32.2. The summed E-state index contributed by atoms with van der Waals surface area (Å²) in [6.45, 7) is 6.78. The van der Waals surface area contributed by atoms with E-state index in [1.807, 2.05) is 10.8 Å². The van der Waals surface area contributed by atoms with Crippen molar-refractivity contribution in [3.8, 4) is 11.6 Å². The lowest BCUT2D eigenvalue weighted by molar-refractivity contribution is -0.143. The van der Waals surface area contributed by atoms with Crippen molar-refractivity contribution in [3.05, 3.63) is 23.9 Å². The van der Waals surface area contributed by atoms with Crippen LogP contribution in [0.2, 0.25) is 0 Å². The largest absolute Gasteiger partial charge is 0.497 e. The van der Waals surface area contributed by atoms with Crippen molar-refractivity contribution >= 4 is 44.9 Å². The first kappa shape index (κ1) is 41.4. The number of alkyl halides is 2. The summed E-state index contributed by atoms with van der Waals surface area (Å²) in [5.41, 5.74) is -1.41. The molecule has 18 heteroatoms. The number of carbonyl (C=O) groups excluding carboxylic acids is 4. The Morgan fingerprint density at radius 2 is 1.78 bits per heavy atom. The summed E-state index contributed by atoms with van der Waals surface area (Å²) in [5.74, 6) is -3.33. The van der Waals surface area contributed by atoms with E-state index in [4.69, 9.17) is 24.2 Å². The Hall–Kier alpha value is -4.35. The maximum absolute atomic E-state index is 14.9. The third-order valence-electron chi connectivity index (χ3n) is 13.4. The summed E-state index contributed by atoms with van der Waals surface area (Å²) in [6.07, 6.45) is 1.07. The van der Waals surface area contributed by atoms with E-state index in [2.05, 4.69) is 10.6 Å². The predicted molar refractivity (Wildman–Crippen MR) is 209 cm³/mol. The standard InChI is InChI=1S/C41H54F2N6O9S/c1-20-31-19-49(32(20)35(50)47-41(18-26(41)34(42)43)38(52)48-59(54,55)23-12-13-23)37(51)33(40(2,3)4)46-39(53)58-30-16-21-15-25(21)24(30)9-7-6-8-10-28-36(57-31)45-29-17-22(56-5)11-14-27(29)44-28/h11,14,17,20-21,23-26,30-34H,6-10,12-13,15-16,18-19H2,1-5H3,(H,46,53)(H,47,50)(H,48,52)/t20-,21?,24-,25+,26+,30-,31+,32+,33-,41-/m1/s1. The molecule has 10 atom stereocenters. The van der Waals surface area contributed by atoms with Crippen molar-refractivity contribution in [1.29, 1.82) is 0 Å². The zero-order valence-electron chi connectivity index (χ0n) is 34.0. The van der Waals surface area contributed by atoms with Gasteiger partial charge in [-0.1, -0.05) is 40.5 Å². The Morgan fingerprint density at radius 3 is 2.46 bits per heavy atom. The molecule has 2 aromatic rings. The number of hydrogen-bond donors (Lipinski definition) is 3. The first-order chi connectivity index (χ1) is 27.9. The van der Waals surface area contributed by atoms with Crippen molar-refractivity contribution in [2.75, 3.05) is 13.7 Å². The predicted octanol–water partition coefficient (Wildman–Crippen LogP) is 4.26. The van der Waals surface area contributed by atoms with Crippen LogP contribution in [0.25, 0.3) is 11.0 Å². The normalized spacial score (nSPS) is 33.6. The molecule has 5 fully saturated rings. The lowest BCUT2D eigenvalue weighted by Crippen LogP contribution is -2.61. The third kappa shape index (κ3) is 8.13. The van der Waals surface area contributed by atoms with Gasteiger partial charge >= 0.3 is 6.09 Å². The van der Waals surface area contributed by atoms with Gasteiger partial charge in [0.25, 0.3) is 5.91 Å². The van der Waals surface area contributed by atoms with Crippen molar-refractivity contribution in [2.24, 2.45) is 35.0 Å². The van der Waals surface area contributed by atoms with Gasteiger partial charge in [-0.3, -0.25) is 19.1 Å². The van der Waals surface area contributed by atoms with Gasteiger partial charge in [-0.25, -0.2) is 32.0 Å². The molecule has 1 aromatic carbocycles. The van der Waals surface area contributed by atoms with Gasteiger partial charge in [-0.2, -0.15) is 0 Å². The van der Waals surface area contributed by atoms with Gasteiger partial charge in [-0.05, 0) is 86.7 Å². The molecule has 15 nitrogen and oxygen atoms in total. The first-order valence-electron chi connectivity index (χ1n) is 20.9. The van der Waals surface area contributed by atoms with E-state index in [-0.39, 0.29) is 24.4 Å². The molecular weight excluding hydrogens is 791 g/mol. The Labute approximate surface area is 342 Å². The minimum absolute atomic E-state index is 0.180. The molecule has 4 saturated carbocycles. The number of nitrogens with zero attached hydrogens (tertiary/aromatic N) is 3. The van der Waals surface area contributed by atoms with E-state index in [0.29, 0.717) is 53.6 Å². The number of carbonyl (C=O) groups is 4.